The molecule has 0 bridgehead atoms. The molecule has 1 aliphatic carbocycles. The summed E-state index contributed by atoms with van der Waals surface area (Å²) in [5.74, 6) is 4.27. The first-order valence-electron chi connectivity index (χ1n) is 8.75. The number of ether oxygens (including phenoxy) is 1. The van der Waals surface area contributed by atoms with E-state index in [1.807, 2.05) is 0 Å². The Morgan fingerprint density at radius 2 is 1.90 bits per heavy atom. The van der Waals surface area contributed by atoms with Gasteiger partial charge in [-0.15, -0.1) is 0 Å². The lowest BCUT2D eigenvalue weighted by Gasteiger charge is -2.45. The third-order valence-corrected chi connectivity index (χ3v) is 6.91. The Hall–Kier alpha value is 0.270. The van der Waals surface area contributed by atoms with Crippen molar-refractivity contribution in [3.05, 3.63) is 0 Å². The normalized spacial score (nSPS) is 32.5. The van der Waals surface area contributed by atoms with E-state index in [1.165, 1.54) is 75.7 Å². The Labute approximate surface area is 128 Å². The third kappa shape index (κ3) is 3.72. The molecule has 2 unspecified atom stereocenters. The molecule has 2 heterocycles. The zero-order chi connectivity index (χ0) is 13.8. The van der Waals surface area contributed by atoms with E-state index < -0.39 is 0 Å². The molecule has 2 atom stereocenters. The molecule has 3 rings (SSSR count). The van der Waals surface area contributed by atoms with Crippen molar-refractivity contribution in [3.8, 4) is 0 Å². The molecular formula is C17H31NOS. The summed E-state index contributed by atoms with van der Waals surface area (Å²) in [7, 11) is 0. The maximum atomic E-state index is 6.56. The third-order valence-electron chi connectivity index (χ3n) is 5.92. The summed E-state index contributed by atoms with van der Waals surface area (Å²) < 4.78 is 6.20. The molecule has 0 aromatic rings. The SMILES string of the molecule is NC(CCC1CCCC1)C1CCOC2(CCSCC2)C1. The van der Waals surface area contributed by atoms with E-state index in [2.05, 4.69) is 11.8 Å². The largest absolute Gasteiger partial charge is 0.375 e. The van der Waals surface area contributed by atoms with E-state index in [4.69, 9.17) is 10.5 Å². The van der Waals surface area contributed by atoms with Gasteiger partial charge in [0.05, 0.1) is 5.60 Å². The minimum Gasteiger partial charge on any atom is -0.375 e. The molecule has 3 heteroatoms. The molecule has 116 valence electrons. The Balaban J connectivity index is 1.47. The second-order valence-corrected chi connectivity index (χ2v) is 8.51. The van der Waals surface area contributed by atoms with Crippen LogP contribution >= 0.6 is 11.8 Å². The van der Waals surface area contributed by atoms with E-state index in [-0.39, 0.29) is 5.60 Å². The predicted octanol–water partition coefficient (Wildman–Crippen LogP) is 3.98. The van der Waals surface area contributed by atoms with E-state index >= 15 is 0 Å². The summed E-state index contributed by atoms with van der Waals surface area (Å²) in [5, 5.41) is 0. The maximum Gasteiger partial charge on any atom is 0.0701 e. The van der Waals surface area contributed by atoms with Crippen molar-refractivity contribution in [2.45, 2.75) is 75.9 Å². The smallest absolute Gasteiger partial charge is 0.0701 e. The average Bonchev–Trinajstić information content (AvgIpc) is 2.99. The van der Waals surface area contributed by atoms with Gasteiger partial charge in [0, 0.05) is 12.6 Å². The number of hydrogen-bond donors (Lipinski definition) is 1. The molecule has 0 aromatic heterocycles. The van der Waals surface area contributed by atoms with Crippen molar-refractivity contribution in [2.24, 2.45) is 17.6 Å². The van der Waals surface area contributed by atoms with Crippen LogP contribution < -0.4 is 5.73 Å². The molecule has 1 saturated carbocycles. The molecule has 2 aliphatic heterocycles. The van der Waals surface area contributed by atoms with E-state index in [9.17, 15) is 0 Å². The molecule has 20 heavy (non-hydrogen) atoms. The van der Waals surface area contributed by atoms with Crippen LogP contribution in [0.5, 0.6) is 0 Å². The second-order valence-electron chi connectivity index (χ2n) is 7.29. The molecule has 3 fully saturated rings. The van der Waals surface area contributed by atoms with Crippen molar-refractivity contribution in [1.82, 2.24) is 0 Å². The molecule has 2 nitrogen and oxygen atoms in total. The summed E-state index contributed by atoms with van der Waals surface area (Å²) in [6.07, 6.45) is 13.4. The molecule has 0 amide bonds. The number of thioether (sulfide) groups is 1. The number of rotatable bonds is 4. The molecule has 3 aliphatic rings. The fraction of sp³-hybridized carbons (Fsp3) is 1.00. The van der Waals surface area contributed by atoms with E-state index in [0.29, 0.717) is 12.0 Å². The fourth-order valence-electron chi connectivity index (χ4n) is 4.49. The van der Waals surface area contributed by atoms with Gasteiger partial charge >= 0.3 is 0 Å². The topological polar surface area (TPSA) is 35.2 Å². The molecule has 2 N–H and O–H groups in total. The van der Waals surface area contributed by atoms with Gasteiger partial charge in [0.2, 0.25) is 0 Å². The van der Waals surface area contributed by atoms with Crippen LogP contribution in [0.2, 0.25) is 0 Å². The van der Waals surface area contributed by atoms with Crippen molar-refractivity contribution in [3.63, 3.8) is 0 Å². The standard InChI is InChI=1S/C17H31NOS/c18-16(6-5-14-3-1-2-4-14)15-7-10-19-17(13-15)8-11-20-12-9-17/h14-16H,1-13,18H2. The highest BCUT2D eigenvalue weighted by atomic mass is 32.2. The molecule has 1 spiro atoms. The number of hydrogen-bond acceptors (Lipinski definition) is 3. The van der Waals surface area contributed by atoms with Gasteiger partial charge in [-0.3, -0.25) is 0 Å². The number of nitrogens with two attached hydrogens (primary N) is 1. The van der Waals surface area contributed by atoms with Crippen LogP contribution in [0.1, 0.15) is 64.2 Å². The lowest BCUT2D eigenvalue weighted by molar-refractivity contribution is -0.106. The van der Waals surface area contributed by atoms with E-state index in [1.54, 1.807) is 0 Å². The maximum absolute atomic E-state index is 6.56. The highest BCUT2D eigenvalue weighted by Gasteiger charge is 2.40. The first kappa shape index (κ1) is 15.2. The van der Waals surface area contributed by atoms with Crippen molar-refractivity contribution in [1.29, 1.82) is 0 Å². The molecule has 2 saturated heterocycles. The van der Waals surface area contributed by atoms with Crippen molar-refractivity contribution < 1.29 is 4.74 Å². The van der Waals surface area contributed by atoms with Gasteiger partial charge in [0.1, 0.15) is 0 Å². The van der Waals surface area contributed by atoms with Gasteiger partial charge in [-0.2, -0.15) is 11.8 Å². The Kier molecular flexibility index (Phi) is 5.33. The van der Waals surface area contributed by atoms with Crippen LogP contribution in [-0.2, 0) is 4.74 Å². The zero-order valence-electron chi connectivity index (χ0n) is 12.8. The average molecular weight is 298 g/mol. The minimum atomic E-state index is 0.207. The van der Waals surface area contributed by atoms with Gasteiger partial charge in [-0.25, -0.2) is 0 Å². The first-order chi connectivity index (χ1) is 9.77. The van der Waals surface area contributed by atoms with Gasteiger partial charge in [-0.05, 0) is 61.9 Å². The van der Waals surface area contributed by atoms with Crippen LogP contribution in [-0.4, -0.2) is 29.8 Å². The van der Waals surface area contributed by atoms with Gasteiger partial charge in [-0.1, -0.05) is 25.7 Å². The highest BCUT2D eigenvalue weighted by molar-refractivity contribution is 7.99. The van der Waals surface area contributed by atoms with E-state index in [0.717, 1.165) is 12.5 Å². The van der Waals surface area contributed by atoms with Crippen LogP contribution in [0.15, 0.2) is 0 Å². The van der Waals surface area contributed by atoms with Crippen molar-refractivity contribution in [2.75, 3.05) is 18.1 Å². The van der Waals surface area contributed by atoms with Crippen molar-refractivity contribution >= 4 is 11.8 Å². The van der Waals surface area contributed by atoms with Crippen LogP contribution in [0, 0.1) is 11.8 Å². The summed E-state index contributed by atoms with van der Waals surface area (Å²) in [4.78, 5) is 0. The van der Waals surface area contributed by atoms with Crippen LogP contribution in [0.4, 0.5) is 0 Å². The first-order valence-corrected chi connectivity index (χ1v) is 9.90. The molecular weight excluding hydrogens is 266 g/mol. The molecule has 0 aromatic carbocycles. The summed E-state index contributed by atoms with van der Waals surface area (Å²) in [6.45, 7) is 0.951. The Morgan fingerprint density at radius 3 is 2.65 bits per heavy atom. The summed E-state index contributed by atoms with van der Waals surface area (Å²) in [5.41, 5.74) is 6.76. The second kappa shape index (κ2) is 7.02. The van der Waals surface area contributed by atoms with Gasteiger partial charge < -0.3 is 10.5 Å². The lowest BCUT2D eigenvalue weighted by Crippen LogP contribution is -2.47. The minimum absolute atomic E-state index is 0.207. The lowest BCUT2D eigenvalue weighted by atomic mass is 9.77. The monoisotopic (exact) mass is 297 g/mol. The van der Waals surface area contributed by atoms with Gasteiger partial charge in [0.25, 0.3) is 0 Å². The quantitative estimate of drug-likeness (QED) is 0.852. The van der Waals surface area contributed by atoms with Crippen LogP contribution in [0.25, 0.3) is 0 Å². The van der Waals surface area contributed by atoms with Crippen LogP contribution in [0.3, 0.4) is 0 Å². The predicted molar refractivity (Wildman–Crippen MR) is 87.1 cm³/mol. The Morgan fingerprint density at radius 1 is 1.15 bits per heavy atom. The summed E-state index contributed by atoms with van der Waals surface area (Å²) in [6, 6.07) is 0.422. The highest BCUT2D eigenvalue weighted by Crippen LogP contribution is 2.41. The Bertz CT molecular complexity index is 292. The zero-order valence-corrected chi connectivity index (χ0v) is 13.6. The van der Waals surface area contributed by atoms with Gasteiger partial charge in [0.15, 0.2) is 0 Å². The molecule has 0 radical (unpaired) electrons. The fourth-order valence-corrected chi connectivity index (χ4v) is 5.72. The summed E-state index contributed by atoms with van der Waals surface area (Å²) >= 11 is 2.09.